The molecule has 1 aliphatic carbocycles. The quantitative estimate of drug-likeness (QED) is 0.411. The lowest BCUT2D eigenvalue weighted by atomic mass is 10.1. The van der Waals surface area contributed by atoms with Crippen LogP contribution in [0.1, 0.15) is 12.8 Å². The van der Waals surface area contributed by atoms with Crippen LogP contribution in [0.15, 0.2) is 46.3 Å². The summed E-state index contributed by atoms with van der Waals surface area (Å²) in [4.78, 5) is 23.9. The van der Waals surface area contributed by atoms with Gasteiger partial charge in [-0.15, -0.1) is 6.58 Å². The normalized spacial score (nSPS) is 29.9. The van der Waals surface area contributed by atoms with Crippen molar-refractivity contribution in [3.63, 3.8) is 0 Å². The molecule has 4 atom stereocenters. The fourth-order valence-corrected chi connectivity index (χ4v) is 4.48. The van der Waals surface area contributed by atoms with Gasteiger partial charge in [-0.05, 0) is 30.7 Å². The van der Waals surface area contributed by atoms with Crippen molar-refractivity contribution in [1.29, 1.82) is 0 Å². The van der Waals surface area contributed by atoms with Gasteiger partial charge in [0.05, 0.1) is 17.0 Å². The van der Waals surface area contributed by atoms with Crippen LogP contribution in [-0.4, -0.2) is 49.6 Å². The molecule has 2 aliphatic rings. The Morgan fingerprint density at radius 1 is 1.37 bits per heavy atom. The summed E-state index contributed by atoms with van der Waals surface area (Å²) < 4.78 is 30.6. The predicted octanol–water partition coefficient (Wildman–Crippen LogP) is 1.03. The minimum atomic E-state index is -3.96. The number of carbonyl (C=O) groups excluding carboxylic acids is 1. The third kappa shape index (κ3) is 4.08. The van der Waals surface area contributed by atoms with Crippen LogP contribution in [0.5, 0.6) is 0 Å². The lowest BCUT2D eigenvalue weighted by Crippen LogP contribution is -2.51. The Hall–Kier alpha value is -1.75. The average molecular weight is 459 g/mol. The molecule has 3 N–H and O–H groups in total. The lowest BCUT2D eigenvalue weighted by molar-refractivity contribution is -0.143. The standard InChI is InChI=1S/C17H19BrN2O6S/c1-2-10-8-17(10,16(22)23)20-15(21)14-7-12(9-19-14)26-27(24,25)13-5-3-11(18)4-6-13/h2-6,10,12,14,19H,1,7-9H2,(H,20,21)(H,22,23)/t10-,12+,14+,17-/m1/s1. The first-order valence-corrected chi connectivity index (χ1v) is 10.5. The highest BCUT2D eigenvalue weighted by atomic mass is 79.9. The van der Waals surface area contributed by atoms with Crippen LogP contribution in [0.4, 0.5) is 0 Å². The molecule has 0 radical (unpaired) electrons. The Balaban J connectivity index is 1.60. The Kier molecular flexibility index (Phi) is 5.44. The number of carbonyl (C=O) groups is 2. The van der Waals surface area contributed by atoms with E-state index in [1.807, 2.05) is 0 Å². The number of hydrogen-bond donors (Lipinski definition) is 3. The first-order valence-electron chi connectivity index (χ1n) is 8.28. The number of rotatable bonds is 7. The van der Waals surface area contributed by atoms with E-state index in [0.717, 1.165) is 4.47 Å². The topological polar surface area (TPSA) is 122 Å². The molecule has 27 heavy (non-hydrogen) atoms. The molecule has 1 heterocycles. The molecule has 8 nitrogen and oxygen atoms in total. The number of nitrogens with one attached hydrogen (secondary N) is 2. The molecule has 1 amide bonds. The van der Waals surface area contributed by atoms with E-state index in [4.69, 9.17) is 4.18 Å². The highest BCUT2D eigenvalue weighted by Crippen LogP contribution is 2.44. The minimum absolute atomic E-state index is 0.0234. The number of amides is 1. The summed E-state index contributed by atoms with van der Waals surface area (Å²) in [5, 5.41) is 14.8. The third-order valence-corrected chi connectivity index (χ3v) is 6.70. The fraction of sp³-hybridized carbons (Fsp3) is 0.412. The predicted molar refractivity (Wildman–Crippen MR) is 99.4 cm³/mol. The second-order valence-corrected chi connectivity index (χ2v) is 9.12. The van der Waals surface area contributed by atoms with E-state index < -0.39 is 39.7 Å². The van der Waals surface area contributed by atoms with Gasteiger partial charge in [0.25, 0.3) is 10.1 Å². The van der Waals surface area contributed by atoms with E-state index in [1.165, 1.54) is 18.2 Å². The highest BCUT2D eigenvalue weighted by Gasteiger charge is 2.60. The van der Waals surface area contributed by atoms with Crippen LogP contribution >= 0.6 is 15.9 Å². The Labute approximate surface area is 165 Å². The summed E-state index contributed by atoms with van der Waals surface area (Å²) in [5.74, 6) is -1.91. The van der Waals surface area contributed by atoms with Gasteiger partial charge in [0.15, 0.2) is 0 Å². The van der Waals surface area contributed by atoms with Crippen LogP contribution in [0, 0.1) is 5.92 Å². The molecular weight excluding hydrogens is 440 g/mol. The Morgan fingerprint density at radius 3 is 2.59 bits per heavy atom. The monoisotopic (exact) mass is 458 g/mol. The number of benzene rings is 1. The third-order valence-electron chi connectivity index (χ3n) is 4.80. The molecule has 0 spiro atoms. The molecule has 0 bridgehead atoms. The molecule has 0 unspecified atom stereocenters. The van der Waals surface area contributed by atoms with Gasteiger partial charge >= 0.3 is 5.97 Å². The maximum atomic E-state index is 12.4. The van der Waals surface area contributed by atoms with Gasteiger partial charge in [0.2, 0.25) is 5.91 Å². The molecular formula is C17H19BrN2O6S. The molecule has 1 aromatic rings. The van der Waals surface area contributed by atoms with E-state index in [0.29, 0.717) is 6.42 Å². The minimum Gasteiger partial charge on any atom is -0.479 e. The molecule has 1 saturated carbocycles. The van der Waals surface area contributed by atoms with Crippen molar-refractivity contribution in [3.05, 3.63) is 41.4 Å². The molecule has 10 heteroatoms. The summed E-state index contributed by atoms with van der Waals surface area (Å²) >= 11 is 3.23. The molecule has 1 aliphatic heterocycles. The first-order chi connectivity index (χ1) is 12.7. The lowest BCUT2D eigenvalue weighted by Gasteiger charge is -2.17. The highest BCUT2D eigenvalue weighted by molar-refractivity contribution is 9.10. The number of halogens is 1. The Bertz CT molecular complexity index is 872. The van der Waals surface area contributed by atoms with Crippen molar-refractivity contribution in [3.8, 4) is 0 Å². The van der Waals surface area contributed by atoms with Crippen molar-refractivity contribution in [1.82, 2.24) is 10.6 Å². The van der Waals surface area contributed by atoms with Crippen molar-refractivity contribution in [2.24, 2.45) is 5.92 Å². The zero-order valence-corrected chi connectivity index (χ0v) is 16.6. The number of carboxylic acid groups (broad SMARTS) is 1. The molecule has 1 aromatic carbocycles. The van der Waals surface area contributed by atoms with Crippen molar-refractivity contribution in [2.45, 2.75) is 35.4 Å². The van der Waals surface area contributed by atoms with E-state index in [1.54, 1.807) is 12.1 Å². The molecule has 2 fully saturated rings. The van der Waals surface area contributed by atoms with Gasteiger partial charge < -0.3 is 15.7 Å². The van der Waals surface area contributed by atoms with Gasteiger partial charge in [0, 0.05) is 23.4 Å². The maximum absolute atomic E-state index is 12.4. The second-order valence-electron chi connectivity index (χ2n) is 6.63. The van der Waals surface area contributed by atoms with Crippen molar-refractivity contribution >= 4 is 37.9 Å². The van der Waals surface area contributed by atoms with E-state index in [-0.39, 0.29) is 23.8 Å². The number of carboxylic acids is 1. The molecule has 0 aromatic heterocycles. The summed E-state index contributed by atoms with van der Waals surface area (Å²) in [6.07, 6.45) is 1.20. The van der Waals surface area contributed by atoms with E-state index in [9.17, 15) is 23.1 Å². The van der Waals surface area contributed by atoms with Crippen molar-refractivity contribution in [2.75, 3.05) is 6.54 Å². The van der Waals surface area contributed by atoms with Crippen molar-refractivity contribution < 1.29 is 27.3 Å². The van der Waals surface area contributed by atoms with Gasteiger partial charge in [-0.1, -0.05) is 22.0 Å². The van der Waals surface area contributed by atoms with Crippen LogP contribution in [0.25, 0.3) is 0 Å². The zero-order chi connectivity index (χ0) is 19.8. The molecule has 3 rings (SSSR count). The second kappa shape index (κ2) is 7.34. The average Bonchev–Trinajstić information content (AvgIpc) is 3.14. The number of aliphatic carboxylic acids is 1. The summed E-state index contributed by atoms with van der Waals surface area (Å²) in [6, 6.07) is 5.31. The molecule has 1 saturated heterocycles. The molecule has 146 valence electrons. The fourth-order valence-electron chi connectivity index (χ4n) is 3.13. The van der Waals surface area contributed by atoms with Crippen LogP contribution in [0.3, 0.4) is 0 Å². The zero-order valence-electron chi connectivity index (χ0n) is 14.2. The van der Waals surface area contributed by atoms with Gasteiger partial charge in [0.1, 0.15) is 5.54 Å². The van der Waals surface area contributed by atoms with E-state index in [2.05, 4.69) is 33.1 Å². The summed E-state index contributed by atoms with van der Waals surface area (Å²) in [7, 11) is -3.96. The van der Waals surface area contributed by atoms with Crippen LogP contribution in [-0.2, 0) is 23.9 Å². The smallest absolute Gasteiger partial charge is 0.330 e. The van der Waals surface area contributed by atoms with Gasteiger partial charge in [-0.25, -0.2) is 4.79 Å². The van der Waals surface area contributed by atoms with E-state index >= 15 is 0 Å². The Morgan fingerprint density at radius 2 is 2.04 bits per heavy atom. The van der Waals surface area contributed by atoms with Crippen LogP contribution < -0.4 is 10.6 Å². The first kappa shape index (κ1) is 20.0. The maximum Gasteiger partial charge on any atom is 0.330 e. The van der Waals surface area contributed by atoms with Gasteiger partial charge in [-0.3, -0.25) is 8.98 Å². The largest absolute Gasteiger partial charge is 0.479 e. The summed E-state index contributed by atoms with van der Waals surface area (Å²) in [5.41, 5.74) is -1.32. The number of hydrogen-bond acceptors (Lipinski definition) is 6. The van der Waals surface area contributed by atoms with Crippen LogP contribution in [0.2, 0.25) is 0 Å². The SMILES string of the molecule is C=C[C@@H]1C[C@]1(NC(=O)[C@@H]1C[C@H](OS(=O)(=O)c2ccc(Br)cc2)CN1)C(=O)O. The summed E-state index contributed by atoms with van der Waals surface area (Å²) in [6.45, 7) is 3.74. The van der Waals surface area contributed by atoms with Gasteiger partial charge in [-0.2, -0.15) is 8.42 Å².